The highest BCUT2D eigenvalue weighted by atomic mass is 16.6. The maximum absolute atomic E-state index is 12.3. The van der Waals surface area contributed by atoms with Gasteiger partial charge in [-0.05, 0) is 37.3 Å². The zero-order chi connectivity index (χ0) is 19.0. The van der Waals surface area contributed by atoms with E-state index in [9.17, 15) is 14.7 Å². The molecule has 0 radical (unpaired) electrons. The summed E-state index contributed by atoms with van der Waals surface area (Å²) in [7, 11) is 0. The third-order valence-electron chi connectivity index (χ3n) is 4.47. The number of likely N-dealkylation sites (tertiary alicyclic amines) is 1. The zero-order valence-electron chi connectivity index (χ0n) is 16.0. The normalized spacial score (nSPS) is 21.3. The van der Waals surface area contributed by atoms with Crippen molar-refractivity contribution >= 4 is 12.1 Å². The number of ether oxygens (including phenoxy) is 1. The van der Waals surface area contributed by atoms with Gasteiger partial charge in [-0.3, -0.25) is 4.79 Å². The van der Waals surface area contributed by atoms with Gasteiger partial charge in [0.1, 0.15) is 5.60 Å². The van der Waals surface area contributed by atoms with Gasteiger partial charge in [0.25, 0.3) is 0 Å². The number of hydrogen-bond acceptors (Lipinski definition) is 3. The lowest BCUT2D eigenvalue weighted by Gasteiger charge is -2.24. The van der Waals surface area contributed by atoms with Crippen LogP contribution < -0.4 is 0 Å². The fourth-order valence-electron chi connectivity index (χ4n) is 3.10. The Bertz CT molecular complexity index is 654. The molecule has 1 fully saturated rings. The van der Waals surface area contributed by atoms with Gasteiger partial charge < -0.3 is 14.7 Å². The molecule has 2 rings (SSSR count). The molecule has 1 N–H and O–H groups in total. The van der Waals surface area contributed by atoms with E-state index in [1.807, 2.05) is 12.1 Å². The summed E-state index contributed by atoms with van der Waals surface area (Å²) < 4.78 is 5.41. The summed E-state index contributed by atoms with van der Waals surface area (Å²) in [6, 6.07) is 8.04. The first-order valence-electron chi connectivity index (χ1n) is 8.69. The number of carboxylic acids is 1. The molecule has 25 heavy (non-hydrogen) atoms. The van der Waals surface area contributed by atoms with E-state index in [4.69, 9.17) is 4.74 Å². The average molecular weight is 347 g/mol. The van der Waals surface area contributed by atoms with Crippen molar-refractivity contribution in [1.29, 1.82) is 0 Å². The van der Waals surface area contributed by atoms with Crippen molar-refractivity contribution in [2.24, 2.45) is 5.92 Å². The van der Waals surface area contributed by atoms with E-state index in [1.54, 1.807) is 20.8 Å². The Kier molecular flexibility index (Phi) is 5.17. The number of nitrogens with zero attached hydrogens (tertiary/aromatic N) is 1. The monoisotopic (exact) mass is 347 g/mol. The summed E-state index contributed by atoms with van der Waals surface area (Å²) in [5, 5.41) is 9.63. The van der Waals surface area contributed by atoms with Crippen molar-refractivity contribution in [1.82, 2.24) is 4.90 Å². The fourth-order valence-corrected chi connectivity index (χ4v) is 3.10. The number of carbonyl (C=O) groups excluding carboxylic acids is 1. The van der Waals surface area contributed by atoms with Gasteiger partial charge in [-0.15, -0.1) is 0 Å². The minimum atomic E-state index is -0.878. The molecule has 1 saturated heterocycles. The first-order valence-corrected chi connectivity index (χ1v) is 8.69. The van der Waals surface area contributed by atoms with Crippen LogP contribution in [0.15, 0.2) is 24.3 Å². The number of carboxylic acid groups (broad SMARTS) is 1. The van der Waals surface area contributed by atoms with Crippen LogP contribution in [0.5, 0.6) is 0 Å². The van der Waals surface area contributed by atoms with E-state index in [1.165, 1.54) is 4.90 Å². The van der Waals surface area contributed by atoms with Crippen molar-refractivity contribution in [2.75, 3.05) is 13.1 Å². The maximum Gasteiger partial charge on any atom is 0.410 e. The molecule has 138 valence electrons. The highest BCUT2D eigenvalue weighted by molar-refractivity contribution is 5.76. The molecule has 0 unspecified atom stereocenters. The molecule has 1 aromatic carbocycles. The molecule has 1 amide bonds. The molecule has 1 aliphatic rings. The molecule has 5 heteroatoms. The second kappa shape index (κ2) is 6.70. The quantitative estimate of drug-likeness (QED) is 0.877. The van der Waals surface area contributed by atoms with Crippen LogP contribution in [-0.2, 0) is 14.9 Å². The summed E-state index contributed by atoms with van der Waals surface area (Å²) in [4.78, 5) is 25.6. The lowest BCUT2D eigenvalue weighted by Crippen LogP contribution is -2.35. The molecule has 0 aromatic heterocycles. The molecule has 0 saturated carbocycles. The molecule has 2 atom stereocenters. The van der Waals surface area contributed by atoms with Crippen molar-refractivity contribution in [3.63, 3.8) is 0 Å². The maximum atomic E-state index is 12.3. The highest BCUT2D eigenvalue weighted by Crippen LogP contribution is 2.35. The first kappa shape index (κ1) is 19.3. The lowest BCUT2D eigenvalue weighted by molar-refractivity contribution is -0.141. The molecule has 1 aliphatic heterocycles. The minimum absolute atomic E-state index is 0.0157. The highest BCUT2D eigenvalue weighted by Gasteiger charge is 2.42. The number of amides is 1. The Labute approximate surface area is 150 Å². The predicted molar refractivity (Wildman–Crippen MR) is 96.8 cm³/mol. The standard InChI is InChI=1S/C20H29NO4/c1-19(2,3)14-9-7-8-13(10-14)15-11-21(12-16(15)17(22)23)18(24)25-20(4,5)6/h7-10,15-16H,11-12H2,1-6H3,(H,22,23)/t15-,16+/m1/s1. The van der Waals surface area contributed by atoms with Crippen LogP contribution in [0, 0.1) is 5.92 Å². The average Bonchev–Trinajstić information content (AvgIpc) is 2.90. The van der Waals surface area contributed by atoms with Gasteiger partial charge in [-0.1, -0.05) is 45.0 Å². The molecule has 1 heterocycles. The van der Waals surface area contributed by atoms with E-state index < -0.39 is 23.6 Å². The van der Waals surface area contributed by atoms with Crippen LogP contribution in [0.25, 0.3) is 0 Å². The van der Waals surface area contributed by atoms with Gasteiger partial charge in [0.2, 0.25) is 0 Å². The largest absolute Gasteiger partial charge is 0.481 e. The van der Waals surface area contributed by atoms with Crippen LogP contribution in [-0.4, -0.2) is 40.8 Å². The van der Waals surface area contributed by atoms with Gasteiger partial charge in [0.05, 0.1) is 5.92 Å². The molecular formula is C20H29NO4. The SMILES string of the molecule is CC(C)(C)OC(=O)N1C[C@H](C(=O)O)[C@@H](c2cccc(C(C)(C)C)c2)C1. The molecule has 0 aliphatic carbocycles. The van der Waals surface area contributed by atoms with E-state index in [-0.39, 0.29) is 17.9 Å². The fraction of sp³-hybridized carbons (Fsp3) is 0.600. The van der Waals surface area contributed by atoms with E-state index >= 15 is 0 Å². The topological polar surface area (TPSA) is 66.8 Å². The molecule has 1 aromatic rings. The summed E-state index contributed by atoms with van der Waals surface area (Å²) in [6.45, 7) is 12.3. The van der Waals surface area contributed by atoms with Crippen molar-refractivity contribution in [2.45, 2.75) is 58.5 Å². The van der Waals surface area contributed by atoms with Gasteiger partial charge in [-0.2, -0.15) is 0 Å². The number of hydrogen-bond donors (Lipinski definition) is 1. The van der Waals surface area contributed by atoms with Crippen molar-refractivity contribution in [3.8, 4) is 0 Å². The summed E-state index contributed by atoms with van der Waals surface area (Å²) >= 11 is 0. The van der Waals surface area contributed by atoms with Crippen LogP contribution in [0.1, 0.15) is 58.6 Å². The number of aliphatic carboxylic acids is 1. The summed E-state index contributed by atoms with van der Waals surface area (Å²) in [5.74, 6) is -1.73. The Morgan fingerprint density at radius 2 is 1.76 bits per heavy atom. The minimum Gasteiger partial charge on any atom is -0.481 e. The van der Waals surface area contributed by atoms with Gasteiger partial charge in [0, 0.05) is 19.0 Å². The second-order valence-electron chi connectivity index (χ2n) is 8.81. The van der Waals surface area contributed by atoms with Gasteiger partial charge in [-0.25, -0.2) is 4.79 Å². The van der Waals surface area contributed by atoms with Gasteiger partial charge >= 0.3 is 12.1 Å². The van der Waals surface area contributed by atoms with Crippen LogP contribution in [0.2, 0.25) is 0 Å². The third kappa shape index (κ3) is 4.74. The zero-order valence-corrected chi connectivity index (χ0v) is 16.0. The Hall–Kier alpha value is -2.04. The molecular weight excluding hydrogens is 318 g/mol. The summed E-state index contributed by atoms with van der Waals surface area (Å²) in [5.41, 5.74) is 1.51. The number of carbonyl (C=O) groups is 2. The number of rotatable bonds is 2. The van der Waals surface area contributed by atoms with Crippen molar-refractivity contribution < 1.29 is 19.4 Å². The Morgan fingerprint density at radius 3 is 2.28 bits per heavy atom. The molecule has 0 bridgehead atoms. The molecule has 5 nitrogen and oxygen atoms in total. The van der Waals surface area contributed by atoms with E-state index in [0.717, 1.165) is 11.1 Å². The first-order chi connectivity index (χ1) is 11.4. The lowest BCUT2D eigenvalue weighted by atomic mass is 9.82. The van der Waals surface area contributed by atoms with Crippen molar-refractivity contribution in [3.05, 3.63) is 35.4 Å². The van der Waals surface area contributed by atoms with E-state index in [0.29, 0.717) is 6.54 Å². The van der Waals surface area contributed by atoms with E-state index in [2.05, 4.69) is 32.9 Å². The number of benzene rings is 1. The molecule has 0 spiro atoms. The smallest absolute Gasteiger partial charge is 0.410 e. The second-order valence-corrected chi connectivity index (χ2v) is 8.81. The Balaban J connectivity index is 2.27. The van der Waals surface area contributed by atoms with Crippen LogP contribution >= 0.6 is 0 Å². The summed E-state index contributed by atoms with van der Waals surface area (Å²) in [6.07, 6.45) is -0.451. The Morgan fingerprint density at radius 1 is 1.12 bits per heavy atom. The van der Waals surface area contributed by atoms with Crippen LogP contribution in [0.4, 0.5) is 4.79 Å². The predicted octanol–water partition coefficient (Wildman–Crippen LogP) is 4.02. The third-order valence-corrected chi connectivity index (χ3v) is 4.47. The van der Waals surface area contributed by atoms with Gasteiger partial charge in [0.15, 0.2) is 0 Å². The van der Waals surface area contributed by atoms with Crippen LogP contribution in [0.3, 0.4) is 0 Å².